The molecule has 0 atom stereocenters. The quantitative estimate of drug-likeness (QED) is 0.639. The van der Waals surface area contributed by atoms with Gasteiger partial charge in [0, 0.05) is 11.3 Å². The van der Waals surface area contributed by atoms with E-state index in [1.54, 1.807) is 6.92 Å². The minimum Gasteiger partial charge on any atom is -0.465 e. The second-order valence-corrected chi connectivity index (χ2v) is 6.39. The number of fused-ring (bicyclic) bond motifs is 1. The Morgan fingerprint density at radius 3 is 2.50 bits per heavy atom. The van der Waals surface area contributed by atoms with Crippen molar-refractivity contribution in [3.05, 3.63) is 39.7 Å². The number of H-pyrrole nitrogens is 1. The van der Waals surface area contributed by atoms with Crippen LogP contribution in [0.15, 0.2) is 4.42 Å². The van der Waals surface area contributed by atoms with Crippen molar-refractivity contribution in [2.24, 2.45) is 0 Å². The van der Waals surface area contributed by atoms with E-state index in [4.69, 9.17) is 19.6 Å². The molecule has 0 unspecified atom stereocenters. The van der Waals surface area contributed by atoms with Gasteiger partial charge >= 0.3 is 11.9 Å². The molecule has 3 heterocycles. The number of aryl methyl sites for hydroxylation is 3. The summed E-state index contributed by atoms with van der Waals surface area (Å²) in [7, 11) is 1.29. The van der Waals surface area contributed by atoms with Crippen LogP contribution in [-0.2, 0) is 22.5 Å². The third-order valence-electron chi connectivity index (χ3n) is 4.71. The minimum absolute atomic E-state index is 0.189. The summed E-state index contributed by atoms with van der Waals surface area (Å²) < 4.78 is 15.7. The van der Waals surface area contributed by atoms with Crippen molar-refractivity contribution in [1.82, 2.24) is 15.0 Å². The first-order chi connectivity index (χ1) is 13.3. The maximum absolute atomic E-state index is 12.5. The molecule has 3 aromatic rings. The Bertz CT molecular complexity index is 1080. The molecule has 0 saturated heterocycles. The molecule has 0 fully saturated rings. The van der Waals surface area contributed by atoms with Crippen LogP contribution in [0.4, 0.5) is 5.82 Å². The molecule has 3 rings (SSSR count). The Morgan fingerprint density at radius 1 is 1.14 bits per heavy atom. The zero-order chi connectivity index (χ0) is 20.6. The highest BCUT2D eigenvalue weighted by Gasteiger charge is 2.25. The van der Waals surface area contributed by atoms with Gasteiger partial charge in [-0.25, -0.2) is 14.6 Å². The Kier molecular flexibility index (Phi) is 5.08. The van der Waals surface area contributed by atoms with E-state index in [1.165, 1.54) is 7.11 Å². The van der Waals surface area contributed by atoms with Crippen LogP contribution in [0.1, 0.15) is 56.2 Å². The van der Waals surface area contributed by atoms with Gasteiger partial charge in [-0.3, -0.25) is 0 Å². The van der Waals surface area contributed by atoms with Crippen LogP contribution in [0.2, 0.25) is 0 Å². The Balaban J connectivity index is 1.84. The van der Waals surface area contributed by atoms with Gasteiger partial charge in [-0.05, 0) is 32.8 Å². The number of nitrogens with one attached hydrogen (secondary N) is 1. The van der Waals surface area contributed by atoms with E-state index in [1.807, 2.05) is 20.8 Å². The SMILES string of the molecule is CCc1[nH]c(C(=O)OCc2nc(N)c3c(C)c(C)oc3n2)c(C)c1C(=O)OC. The highest BCUT2D eigenvalue weighted by molar-refractivity contribution is 5.98. The minimum atomic E-state index is -0.628. The summed E-state index contributed by atoms with van der Waals surface area (Å²) in [6.45, 7) is 7.03. The fraction of sp³-hybridized carbons (Fsp3) is 0.368. The predicted molar refractivity (Wildman–Crippen MR) is 101 cm³/mol. The number of rotatable bonds is 5. The van der Waals surface area contributed by atoms with Crippen LogP contribution >= 0.6 is 0 Å². The molecule has 3 N–H and O–H groups in total. The molecule has 0 aliphatic heterocycles. The number of ether oxygens (including phenoxy) is 2. The lowest BCUT2D eigenvalue weighted by molar-refractivity contribution is 0.0455. The molecule has 0 aromatic carbocycles. The van der Waals surface area contributed by atoms with Gasteiger partial charge in [-0.1, -0.05) is 6.92 Å². The first-order valence-corrected chi connectivity index (χ1v) is 8.77. The number of carbonyl (C=O) groups is 2. The van der Waals surface area contributed by atoms with Gasteiger partial charge in [-0.15, -0.1) is 0 Å². The van der Waals surface area contributed by atoms with Gasteiger partial charge in [0.05, 0.1) is 18.1 Å². The maximum Gasteiger partial charge on any atom is 0.355 e. The summed E-state index contributed by atoms with van der Waals surface area (Å²) >= 11 is 0. The van der Waals surface area contributed by atoms with Gasteiger partial charge in [0.1, 0.15) is 17.3 Å². The molecule has 28 heavy (non-hydrogen) atoms. The molecular weight excluding hydrogens is 364 g/mol. The lowest BCUT2D eigenvalue weighted by Gasteiger charge is -2.05. The normalized spacial score (nSPS) is 11.0. The molecule has 0 amide bonds. The van der Waals surface area contributed by atoms with Gasteiger partial charge < -0.3 is 24.6 Å². The number of furan rings is 1. The topological polar surface area (TPSA) is 133 Å². The van der Waals surface area contributed by atoms with E-state index in [0.717, 1.165) is 5.56 Å². The Labute approximate surface area is 161 Å². The first kappa shape index (κ1) is 19.4. The molecule has 9 heteroatoms. The third kappa shape index (κ3) is 3.19. The van der Waals surface area contributed by atoms with Crippen molar-refractivity contribution >= 4 is 28.9 Å². The summed E-state index contributed by atoms with van der Waals surface area (Å²) in [6, 6.07) is 0. The van der Waals surface area contributed by atoms with E-state index in [2.05, 4.69) is 15.0 Å². The maximum atomic E-state index is 12.5. The van der Waals surface area contributed by atoms with Crippen molar-refractivity contribution in [1.29, 1.82) is 0 Å². The average molecular weight is 386 g/mol. The number of aromatic amines is 1. The van der Waals surface area contributed by atoms with E-state index >= 15 is 0 Å². The van der Waals surface area contributed by atoms with E-state index in [-0.39, 0.29) is 23.9 Å². The number of nitrogens with two attached hydrogens (primary N) is 1. The van der Waals surface area contributed by atoms with E-state index in [0.29, 0.717) is 40.1 Å². The molecule has 0 radical (unpaired) electrons. The van der Waals surface area contributed by atoms with Gasteiger partial charge in [0.15, 0.2) is 12.4 Å². The average Bonchev–Trinajstić information content (AvgIpc) is 3.15. The number of hydrogen-bond acceptors (Lipinski definition) is 8. The smallest absolute Gasteiger partial charge is 0.355 e. The fourth-order valence-corrected chi connectivity index (χ4v) is 3.10. The summed E-state index contributed by atoms with van der Waals surface area (Å²) in [4.78, 5) is 35.9. The highest BCUT2D eigenvalue weighted by atomic mass is 16.5. The van der Waals surface area contributed by atoms with Gasteiger partial charge in [0.2, 0.25) is 5.71 Å². The third-order valence-corrected chi connectivity index (χ3v) is 4.71. The number of methoxy groups -OCH3 is 1. The second-order valence-electron chi connectivity index (χ2n) is 6.39. The molecule has 0 spiro atoms. The molecule has 148 valence electrons. The highest BCUT2D eigenvalue weighted by Crippen LogP contribution is 2.27. The van der Waals surface area contributed by atoms with E-state index < -0.39 is 11.9 Å². The number of carbonyl (C=O) groups excluding carboxylic acids is 2. The van der Waals surface area contributed by atoms with Crippen molar-refractivity contribution < 1.29 is 23.5 Å². The number of anilines is 1. The van der Waals surface area contributed by atoms with Crippen molar-refractivity contribution in [3.63, 3.8) is 0 Å². The second kappa shape index (κ2) is 7.34. The van der Waals surface area contributed by atoms with Crippen LogP contribution < -0.4 is 5.73 Å². The van der Waals surface area contributed by atoms with Crippen molar-refractivity contribution in [3.8, 4) is 0 Å². The van der Waals surface area contributed by atoms with Crippen LogP contribution in [0, 0.1) is 20.8 Å². The number of nitrogen functional groups attached to an aromatic ring is 1. The van der Waals surface area contributed by atoms with Crippen molar-refractivity contribution in [2.45, 2.75) is 40.7 Å². The fourth-order valence-electron chi connectivity index (χ4n) is 3.10. The Hall–Kier alpha value is -3.36. The first-order valence-electron chi connectivity index (χ1n) is 8.77. The summed E-state index contributed by atoms with van der Waals surface area (Å²) in [5.74, 6) is 0.0590. The molecule has 3 aromatic heterocycles. The van der Waals surface area contributed by atoms with Crippen molar-refractivity contribution in [2.75, 3.05) is 12.8 Å². The van der Waals surface area contributed by atoms with Crippen LogP contribution in [0.5, 0.6) is 0 Å². The molecule has 0 bridgehead atoms. The summed E-state index contributed by atoms with van der Waals surface area (Å²) in [5, 5.41) is 0.656. The van der Waals surface area contributed by atoms with Crippen LogP contribution in [-0.4, -0.2) is 34.0 Å². The molecule has 9 nitrogen and oxygen atoms in total. The molecule has 0 aliphatic rings. The lowest BCUT2D eigenvalue weighted by Crippen LogP contribution is -2.10. The summed E-state index contributed by atoms with van der Waals surface area (Å²) in [5.41, 5.74) is 8.84. The molecule has 0 saturated carbocycles. The van der Waals surface area contributed by atoms with Crippen LogP contribution in [0.25, 0.3) is 11.1 Å². The monoisotopic (exact) mass is 386 g/mol. The lowest BCUT2D eigenvalue weighted by atomic mass is 10.1. The largest absolute Gasteiger partial charge is 0.465 e. The Morgan fingerprint density at radius 2 is 1.86 bits per heavy atom. The number of aromatic nitrogens is 3. The predicted octanol–water partition coefficient (Wildman–Crippen LogP) is 2.76. The van der Waals surface area contributed by atoms with Gasteiger partial charge in [0.25, 0.3) is 0 Å². The number of nitrogens with zero attached hydrogens (tertiary/aromatic N) is 2. The van der Waals surface area contributed by atoms with Crippen LogP contribution in [0.3, 0.4) is 0 Å². The zero-order valence-corrected chi connectivity index (χ0v) is 16.4. The standard InChI is InChI=1S/C19H22N4O5/c1-6-11-13(18(24)26-5)9(3)15(21-11)19(25)27-7-12-22-16(20)14-8(2)10(4)28-17(14)23-12/h21H,6-7H2,1-5H3,(H2,20,22,23). The number of esters is 2. The zero-order valence-electron chi connectivity index (χ0n) is 16.4. The van der Waals surface area contributed by atoms with E-state index in [9.17, 15) is 9.59 Å². The molecular formula is C19H22N4O5. The number of hydrogen-bond donors (Lipinski definition) is 2. The summed E-state index contributed by atoms with van der Waals surface area (Å²) in [6.07, 6.45) is 0.534. The molecule has 0 aliphatic carbocycles. The van der Waals surface area contributed by atoms with Gasteiger partial charge in [-0.2, -0.15) is 4.98 Å².